The van der Waals surface area contributed by atoms with Gasteiger partial charge in [-0.2, -0.15) is 0 Å². The van der Waals surface area contributed by atoms with Crippen molar-refractivity contribution in [2.45, 2.75) is 82.1 Å². The zero-order chi connectivity index (χ0) is 29.1. The molecule has 1 radical (unpaired) electrons. The van der Waals surface area contributed by atoms with Crippen LogP contribution in [0.25, 0.3) is 32.9 Å². The number of hydrogen-bond donors (Lipinski definition) is 1. The van der Waals surface area contributed by atoms with E-state index >= 15 is 0 Å². The van der Waals surface area contributed by atoms with Crippen LogP contribution in [0.4, 0.5) is 0 Å². The normalized spacial score (nSPS) is 12.1. The topological polar surface area (TPSA) is 63.1 Å². The summed E-state index contributed by atoms with van der Waals surface area (Å²) in [5.74, 6) is 0.986. The van der Waals surface area contributed by atoms with E-state index in [2.05, 4.69) is 69.3 Å². The predicted molar refractivity (Wildman–Crippen MR) is 164 cm³/mol. The molecule has 4 rings (SSSR count). The van der Waals surface area contributed by atoms with Crippen molar-refractivity contribution in [1.29, 1.82) is 0 Å². The quantitative estimate of drug-likeness (QED) is 0.0936. The van der Waals surface area contributed by atoms with Gasteiger partial charge in [-0.1, -0.05) is 85.7 Å². The molecule has 0 spiro atoms. The Balaban J connectivity index is 0.000000307. The molecule has 0 bridgehead atoms. The molecule has 1 aromatic heterocycles. The van der Waals surface area contributed by atoms with Gasteiger partial charge in [0.2, 0.25) is 0 Å². The molecule has 0 aliphatic carbocycles. The molecule has 1 heterocycles. The van der Waals surface area contributed by atoms with Crippen LogP contribution >= 0.6 is 0 Å². The molecule has 0 aliphatic heterocycles. The zero-order valence-corrected chi connectivity index (χ0v) is 28.0. The average Bonchev–Trinajstić information content (AvgIpc) is 2.88. The van der Waals surface area contributed by atoms with E-state index in [0.717, 1.165) is 46.4 Å². The number of nitrogens with zero attached hydrogens (tertiary/aromatic N) is 2. The summed E-state index contributed by atoms with van der Waals surface area (Å²) in [6, 6.07) is 18.4. The van der Waals surface area contributed by atoms with Crippen LogP contribution in [0, 0.1) is 44.6 Å². The Bertz CT molecular complexity index is 1530. The number of hydrogen-bond acceptors (Lipinski definition) is 4. The molecule has 4 aromatic rings. The number of benzene rings is 3. The van der Waals surface area contributed by atoms with Crippen molar-refractivity contribution in [3.63, 3.8) is 0 Å². The van der Waals surface area contributed by atoms with Crippen LogP contribution in [0.2, 0.25) is 0 Å². The fourth-order valence-electron chi connectivity index (χ4n) is 4.35. The first-order chi connectivity index (χ1) is 18.2. The Morgan fingerprint density at radius 2 is 1.48 bits per heavy atom. The summed E-state index contributed by atoms with van der Waals surface area (Å²) in [5, 5.41) is 13.4. The van der Waals surface area contributed by atoms with E-state index in [0.29, 0.717) is 0 Å². The van der Waals surface area contributed by atoms with Gasteiger partial charge in [0, 0.05) is 42.4 Å². The Hall–Kier alpha value is -2.88. The van der Waals surface area contributed by atoms with E-state index < -0.39 is 0 Å². The first kappa shape index (κ1) is 33.3. The Kier molecular flexibility index (Phi) is 11.0. The summed E-state index contributed by atoms with van der Waals surface area (Å²) in [7, 11) is 0. The van der Waals surface area contributed by atoms with Gasteiger partial charge in [0.15, 0.2) is 5.78 Å². The first-order valence-corrected chi connectivity index (χ1v) is 13.8. The molecular formula is C35H43IrN2O2-. The molecule has 3 aromatic carbocycles. The second-order valence-electron chi connectivity index (χ2n) is 11.9. The van der Waals surface area contributed by atoms with Crippen LogP contribution in [-0.4, -0.2) is 20.9 Å². The molecule has 0 amide bonds. The Morgan fingerprint density at radius 1 is 0.875 bits per heavy atom. The van der Waals surface area contributed by atoms with Crippen LogP contribution in [-0.2, 0) is 24.9 Å². The number of carbonyl (C=O) groups is 1. The van der Waals surface area contributed by atoms with Gasteiger partial charge in [-0.3, -0.25) is 9.78 Å². The molecule has 0 saturated carbocycles. The summed E-state index contributed by atoms with van der Waals surface area (Å²) in [6.07, 6.45) is 2.99. The number of ketones is 1. The van der Waals surface area contributed by atoms with E-state index in [-0.39, 0.29) is 42.5 Å². The number of aryl methyl sites for hydroxylation is 4. The molecule has 5 heteroatoms. The standard InChI is InChI=1S/C22H19N2.C13H24O2.Ir/c1-13-9-14(2)11-17(10-13)21-20-12-15(3)18-7-5-6-8-19(18)22(20)24-16(4)23-21;1-7-12(3,4)10(14)9-11(15)13(5,6)8-2;/h5-10,12H,1-4H3;9,14H,7-8H2,1-6H3;/q-1;;/b;10-9-;. The largest absolute Gasteiger partial charge is 0.512 e. The molecule has 0 atom stereocenters. The average molecular weight is 716 g/mol. The Morgan fingerprint density at radius 3 is 2.05 bits per heavy atom. The summed E-state index contributed by atoms with van der Waals surface area (Å²) in [4.78, 5) is 21.3. The van der Waals surface area contributed by atoms with Crippen molar-refractivity contribution < 1.29 is 30.0 Å². The van der Waals surface area contributed by atoms with Crippen molar-refractivity contribution in [1.82, 2.24) is 9.97 Å². The van der Waals surface area contributed by atoms with Crippen molar-refractivity contribution >= 4 is 27.5 Å². The summed E-state index contributed by atoms with van der Waals surface area (Å²) >= 11 is 0. The maximum absolute atomic E-state index is 11.8. The van der Waals surface area contributed by atoms with Gasteiger partial charge in [0.25, 0.3) is 0 Å². The molecule has 0 saturated heterocycles. The number of fused-ring (bicyclic) bond motifs is 3. The van der Waals surface area contributed by atoms with Crippen molar-refractivity contribution in [2.24, 2.45) is 10.8 Å². The minimum absolute atomic E-state index is 0. The van der Waals surface area contributed by atoms with Crippen LogP contribution in [0.3, 0.4) is 0 Å². The molecule has 0 fully saturated rings. The zero-order valence-electron chi connectivity index (χ0n) is 25.6. The number of carbonyl (C=O) groups excluding carboxylic acids is 1. The molecular weight excluding hydrogens is 673 g/mol. The van der Waals surface area contributed by atoms with Gasteiger partial charge < -0.3 is 5.11 Å². The third kappa shape index (κ3) is 7.44. The number of allylic oxidation sites excluding steroid dienone is 2. The fraction of sp³-hybridized carbons (Fsp3) is 0.400. The van der Waals surface area contributed by atoms with Gasteiger partial charge >= 0.3 is 0 Å². The molecule has 0 unspecified atom stereocenters. The van der Waals surface area contributed by atoms with E-state index in [1.54, 1.807) is 0 Å². The van der Waals surface area contributed by atoms with Crippen LogP contribution in [0.5, 0.6) is 0 Å². The molecule has 1 N–H and O–H groups in total. The SMILES string of the molecule is CCC(C)(C)C(=O)/C=C(\O)C(C)(C)CC.Cc1[c-]c(-c2nc(C)nc3c2cc(C)c2ccccc23)cc(C)c1.[Ir]. The monoisotopic (exact) mass is 716 g/mol. The second-order valence-corrected chi connectivity index (χ2v) is 11.9. The van der Waals surface area contributed by atoms with E-state index in [9.17, 15) is 9.90 Å². The van der Waals surface area contributed by atoms with E-state index in [4.69, 9.17) is 9.97 Å². The summed E-state index contributed by atoms with van der Waals surface area (Å²) < 4.78 is 0. The summed E-state index contributed by atoms with van der Waals surface area (Å²) in [6.45, 7) is 19.9. The van der Waals surface area contributed by atoms with Gasteiger partial charge in [-0.05, 0) is 48.7 Å². The van der Waals surface area contributed by atoms with E-state index in [1.165, 1.54) is 28.0 Å². The van der Waals surface area contributed by atoms with Gasteiger partial charge in [-0.15, -0.1) is 34.9 Å². The number of rotatable bonds is 6. The number of aromatic nitrogens is 2. The van der Waals surface area contributed by atoms with Gasteiger partial charge in [0.1, 0.15) is 11.6 Å². The number of aliphatic hydroxyl groups excluding tert-OH is 1. The molecule has 4 nitrogen and oxygen atoms in total. The third-order valence-electron chi connectivity index (χ3n) is 7.82. The maximum atomic E-state index is 11.8. The fourth-order valence-corrected chi connectivity index (χ4v) is 4.35. The summed E-state index contributed by atoms with van der Waals surface area (Å²) in [5.41, 5.74) is 5.95. The Labute approximate surface area is 253 Å². The van der Waals surface area contributed by atoms with Crippen LogP contribution in [0.15, 0.2) is 54.3 Å². The van der Waals surface area contributed by atoms with Crippen molar-refractivity contribution in [3.8, 4) is 11.3 Å². The minimum atomic E-state index is -0.377. The maximum Gasteiger partial charge on any atom is 0.164 e. The van der Waals surface area contributed by atoms with Gasteiger partial charge in [-0.25, -0.2) is 4.98 Å². The minimum Gasteiger partial charge on any atom is -0.512 e. The molecule has 40 heavy (non-hydrogen) atoms. The van der Waals surface area contributed by atoms with Crippen LogP contribution < -0.4 is 0 Å². The van der Waals surface area contributed by atoms with E-state index in [1.807, 2.05) is 48.5 Å². The van der Waals surface area contributed by atoms with Crippen LogP contribution in [0.1, 0.15) is 76.9 Å². The molecule has 0 aliphatic rings. The number of aliphatic hydroxyl groups is 1. The van der Waals surface area contributed by atoms with Crippen molar-refractivity contribution in [3.05, 3.63) is 82.9 Å². The third-order valence-corrected chi connectivity index (χ3v) is 7.82. The second kappa shape index (κ2) is 13.2. The van der Waals surface area contributed by atoms with Gasteiger partial charge in [0.05, 0.1) is 5.52 Å². The predicted octanol–water partition coefficient (Wildman–Crippen LogP) is 9.35. The van der Waals surface area contributed by atoms with Crippen molar-refractivity contribution in [2.75, 3.05) is 0 Å². The first-order valence-electron chi connectivity index (χ1n) is 13.8. The molecule has 215 valence electrons. The smallest absolute Gasteiger partial charge is 0.164 e.